The van der Waals surface area contributed by atoms with E-state index in [1.54, 1.807) is 24.4 Å². The van der Waals surface area contributed by atoms with Crippen molar-refractivity contribution in [3.8, 4) is 6.07 Å². The number of rotatable bonds is 2. The van der Waals surface area contributed by atoms with Gasteiger partial charge in [0, 0.05) is 6.20 Å². The number of hydrogen-bond acceptors (Lipinski definition) is 6. The fraction of sp³-hybridized carbons (Fsp3) is 0. The van der Waals surface area contributed by atoms with E-state index in [2.05, 4.69) is 15.2 Å². The third-order valence-corrected chi connectivity index (χ3v) is 2.83. The summed E-state index contributed by atoms with van der Waals surface area (Å²) in [6, 6.07) is 7.15. The van der Waals surface area contributed by atoms with Crippen LogP contribution in [0.2, 0.25) is 0 Å². The lowest BCUT2D eigenvalue weighted by Gasteiger charge is -2.02. The number of hydrogen-bond donors (Lipinski definition) is 1. The van der Waals surface area contributed by atoms with Gasteiger partial charge in [-0.1, -0.05) is 0 Å². The van der Waals surface area contributed by atoms with Gasteiger partial charge in [-0.15, -0.1) is 5.10 Å². The Morgan fingerprint density at radius 2 is 2.12 bits per heavy atom. The molecule has 6 heteroatoms. The second-order valence-corrected chi connectivity index (χ2v) is 3.84. The maximum absolute atomic E-state index is 8.88. The van der Waals surface area contributed by atoms with Crippen LogP contribution in [-0.4, -0.2) is 15.2 Å². The van der Waals surface area contributed by atoms with Crippen molar-refractivity contribution in [2.45, 2.75) is 10.1 Å². The highest BCUT2D eigenvalue weighted by Crippen LogP contribution is 2.29. The number of aromatic nitrogens is 3. The molecule has 0 spiro atoms. The van der Waals surface area contributed by atoms with E-state index in [-0.39, 0.29) is 0 Å². The molecule has 2 aromatic heterocycles. The predicted octanol–water partition coefficient (Wildman–Crippen LogP) is 1.48. The van der Waals surface area contributed by atoms with Crippen molar-refractivity contribution in [3.63, 3.8) is 0 Å². The zero-order chi connectivity index (χ0) is 11.4. The molecule has 0 amide bonds. The minimum atomic E-state index is 0.463. The van der Waals surface area contributed by atoms with Crippen molar-refractivity contribution < 1.29 is 0 Å². The Hall–Kier alpha value is -2.13. The molecule has 0 aliphatic rings. The van der Waals surface area contributed by atoms with Crippen molar-refractivity contribution in [1.29, 1.82) is 5.26 Å². The first-order valence-corrected chi connectivity index (χ1v) is 5.23. The molecule has 0 bridgehead atoms. The fourth-order valence-corrected chi connectivity index (χ4v) is 1.85. The van der Waals surface area contributed by atoms with E-state index in [1.165, 1.54) is 18.0 Å². The van der Waals surface area contributed by atoms with Crippen LogP contribution in [0.1, 0.15) is 5.56 Å². The standard InChI is InChI=1S/C10H7N5S/c11-6-7-3-5-14-15-9(7)16-10-8(12)2-1-4-13-10/h1-5H,12H2. The maximum atomic E-state index is 8.88. The SMILES string of the molecule is N#Cc1ccnnc1Sc1ncccc1N. The summed E-state index contributed by atoms with van der Waals surface area (Å²) in [5.74, 6) is 0. The van der Waals surface area contributed by atoms with Gasteiger partial charge in [0.05, 0.1) is 17.4 Å². The zero-order valence-electron chi connectivity index (χ0n) is 8.16. The van der Waals surface area contributed by atoms with E-state index in [4.69, 9.17) is 11.0 Å². The monoisotopic (exact) mass is 229 g/mol. The van der Waals surface area contributed by atoms with Crippen molar-refractivity contribution >= 4 is 17.4 Å². The van der Waals surface area contributed by atoms with Gasteiger partial charge in [0.1, 0.15) is 16.1 Å². The summed E-state index contributed by atoms with van der Waals surface area (Å²) < 4.78 is 0. The lowest BCUT2D eigenvalue weighted by molar-refractivity contribution is 0.917. The number of pyridine rings is 1. The lowest BCUT2D eigenvalue weighted by Crippen LogP contribution is -1.94. The Balaban J connectivity index is 2.35. The summed E-state index contributed by atoms with van der Waals surface area (Å²) in [4.78, 5) is 4.11. The third-order valence-electron chi connectivity index (χ3n) is 1.80. The van der Waals surface area contributed by atoms with Gasteiger partial charge in [-0.2, -0.15) is 10.4 Å². The van der Waals surface area contributed by atoms with Crippen LogP contribution >= 0.6 is 11.8 Å². The van der Waals surface area contributed by atoms with Gasteiger partial charge in [-0.25, -0.2) is 4.98 Å². The molecule has 0 aromatic carbocycles. The molecule has 16 heavy (non-hydrogen) atoms. The van der Waals surface area contributed by atoms with Crippen molar-refractivity contribution in [3.05, 3.63) is 36.2 Å². The first kappa shape index (κ1) is 10.4. The van der Waals surface area contributed by atoms with E-state index in [0.29, 0.717) is 21.3 Å². The fourth-order valence-electron chi connectivity index (χ4n) is 1.06. The molecular formula is C10H7N5S. The van der Waals surface area contributed by atoms with Crippen LogP contribution in [0, 0.1) is 11.3 Å². The second kappa shape index (κ2) is 4.59. The van der Waals surface area contributed by atoms with Crippen molar-refractivity contribution in [2.75, 3.05) is 5.73 Å². The van der Waals surface area contributed by atoms with Crippen LogP contribution < -0.4 is 5.73 Å². The molecule has 2 N–H and O–H groups in total. The Morgan fingerprint density at radius 1 is 1.25 bits per heavy atom. The quantitative estimate of drug-likeness (QED) is 0.839. The number of anilines is 1. The predicted molar refractivity (Wildman–Crippen MR) is 59.5 cm³/mol. The van der Waals surface area contributed by atoms with E-state index in [1.807, 2.05) is 6.07 Å². The smallest absolute Gasteiger partial charge is 0.143 e. The van der Waals surface area contributed by atoms with E-state index in [0.717, 1.165) is 0 Å². The Morgan fingerprint density at radius 3 is 2.88 bits per heavy atom. The van der Waals surface area contributed by atoms with Gasteiger partial charge in [-0.3, -0.25) is 0 Å². The number of nitrogens with two attached hydrogens (primary N) is 1. The third kappa shape index (κ3) is 2.10. The molecule has 5 nitrogen and oxygen atoms in total. The Bertz CT molecular complexity index is 549. The van der Waals surface area contributed by atoms with E-state index in [9.17, 15) is 0 Å². The summed E-state index contributed by atoms with van der Waals surface area (Å²) in [6.45, 7) is 0. The normalized spacial score (nSPS) is 9.69. The minimum Gasteiger partial charge on any atom is -0.397 e. The highest BCUT2D eigenvalue weighted by Gasteiger charge is 2.08. The number of nitrogens with zero attached hydrogens (tertiary/aromatic N) is 4. The Kier molecular flexibility index (Phi) is 2.98. The molecule has 2 rings (SSSR count). The second-order valence-electron chi connectivity index (χ2n) is 2.86. The van der Waals surface area contributed by atoms with Gasteiger partial charge in [0.25, 0.3) is 0 Å². The molecule has 0 saturated heterocycles. The highest BCUT2D eigenvalue weighted by atomic mass is 32.2. The van der Waals surface area contributed by atoms with Crippen LogP contribution in [0.15, 0.2) is 40.6 Å². The lowest BCUT2D eigenvalue weighted by atomic mass is 10.3. The first-order chi connectivity index (χ1) is 7.81. The van der Waals surface area contributed by atoms with Gasteiger partial charge in [0.15, 0.2) is 0 Å². The van der Waals surface area contributed by atoms with Crippen molar-refractivity contribution in [1.82, 2.24) is 15.2 Å². The van der Waals surface area contributed by atoms with Crippen LogP contribution in [0.25, 0.3) is 0 Å². The average Bonchev–Trinajstić information content (AvgIpc) is 2.33. The Labute approximate surface area is 96.3 Å². The number of nitrogen functional groups attached to an aromatic ring is 1. The topological polar surface area (TPSA) is 88.5 Å². The number of nitriles is 1. The van der Waals surface area contributed by atoms with Crippen LogP contribution in [0.3, 0.4) is 0 Å². The summed E-state index contributed by atoms with van der Waals surface area (Å²) in [5, 5.41) is 17.6. The summed E-state index contributed by atoms with van der Waals surface area (Å²) in [6.07, 6.45) is 3.12. The first-order valence-electron chi connectivity index (χ1n) is 4.41. The highest BCUT2D eigenvalue weighted by molar-refractivity contribution is 7.99. The molecule has 0 aliphatic carbocycles. The van der Waals surface area contributed by atoms with Crippen LogP contribution in [-0.2, 0) is 0 Å². The van der Waals surface area contributed by atoms with E-state index >= 15 is 0 Å². The van der Waals surface area contributed by atoms with Gasteiger partial charge < -0.3 is 5.73 Å². The van der Waals surface area contributed by atoms with Crippen molar-refractivity contribution in [2.24, 2.45) is 0 Å². The molecular weight excluding hydrogens is 222 g/mol. The summed E-state index contributed by atoms with van der Waals surface area (Å²) in [7, 11) is 0. The largest absolute Gasteiger partial charge is 0.397 e. The molecule has 0 unspecified atom stereocenters. The summed E-state index contributed by atoms with van der Waals surface area (Å²) >= 11 is 1.23. The molecule has 2 aromatic rings. The molecule has 0 aliphatic heterocycles. The van der Waals surface area contributed by atoms with Gasteiger partial charge >= 0.3 is 0 Å². The van der Waals surface area contributed by atoms with Crippen LogP contribution in [0.4, 0.5) is 5.69 Å². The van der Waals surface area contributed by atoms with Gasteiger partial charge in [-0.05, 0) is 30.0 Å². The zero-order valence-corrected chi connectivity index (χ0v) is 8.98. The average molecular weight is 229 g/mol. The van der Waals surface area contributed by atoms with Crippen LogP contribution in [0.5, 0.6) is 0 Å². The molecule has 78 valence electrons. The maximum Gasteiger partial charge on any atom is 0.143 e. The van der Waals surface area contributed by atoms with E-state index < -0.39 is 0 Å². The molecule has 0 fully saturated rings. The molecule has 0 atom stereocenters. The summed E-state index contributed by atoms with van der Waals surface area (Å²) in [5.41, 5.74) is 6.77. The van der Waals surface area contributed by atoms with Gasteiger partial charge in [0.2, 0.25) is 0 Å². The molecule has 0 saturated carbocycles. The molecule has 2 heterocycles. The molecule has 0 radical (unpaired) electrons. The minimum absolute atomic E-state index is 0.463.